The number of aryl methyl sites for hydroxylation is 1. The summed E-state index contributed by atoms with van der Waals surface area (Å²) in [7, 11) is 1.71. The third kappa shape index (κ3) is 3.28. The quantitative estimate of drug-likeness (QED) is 0.862. The van der Waals surface area contributed by atoms with Gasteiger partial charge in [0.1, 0.15) is 0 Å². The molecule has 21 heavy (non-hydrogen) atoms. The van der Waals surface area contributed by atoms with Gasteiger partial charge in [0.25, 0.3) is 5.56 Å². The van der Waals surface area contributed by atoms with Gasteiger partial charge in [-0.05, 0) is 11.1 Å². The summed E-state index contributed by atoms with van der Waals surface area (Å²) in [4.78, 5) is 14.0. The van der Waals surface area contributed by atoms with E-state index in [1.807, 2.05) is 18.2 Å². The molecule has 0 aliphatic carbocycles. The van der Waals surface area contributed by atoms with Crippen molar-refractivity contribution in [3.8, 4) is 0 Å². The van der Waals surface area contributed by atoms with E-state index in [1.165, 1.54) is 10.2 Å². The number of fused-ring (bicyclic) bond motifs is 1. The second kappa shape index (κ2) is 6.06. The molecule has 0 saturated heterocycles. The molecule has 1 aliphatic rings. The Morgan fingerprint density at radius 2 is 2.10 bits per heavy atom. The summed E-state index contributed by atoms with van der Waals surface area (Å²) in [6.45, 7) is 2.68. The van der Waals surface area contributed by atoms with E-state index < -0.39 is 0 Å². The summed E-state index contributed by atoms with van der Waals surface area (Å²) >= 11 is 0. The monoisotopic (exact) mass is 281 g/mol. The van der Waals surface area contributed by atoms with Crippen molar-refractivity contribution in [3.05, 3.63) is 69.6 Å². The van der Waals surface area contributed by atoms with Crippen molar-refractivity contribution >= 4 is 6.08 Å². The summed E-state index contributed by atoms with van der Waals surface area (Å²) in [6.07, 6.45) is 5.22. The number of rotatable bonds is 3. The third-order valence-corrected chi connectivity index (χ3v) is 3.79. The molecule has 0 unspecified atom stereocenters. The van der Waals surface area contributed by atoms with E-state index in [2.05, 4.69) is 34.3 Å². The van der Waals surface area contributed by atoms with Crippen LogP contribution in [0.25, 0.3) is 6.08 Å². The zero-order valence-electron chi connectivity index (χ0n) is 12.2. The maximum atomic E-state index is 11.7. The molecule has 0 fully saturated rings. The molecule has 0 amide bonds. The van der Waals surface area contributed by atoms with Crippen LogP contribution in [0.1, 0.15) is 16.8 Å². The van der Waals surface area contributed by atoms with Crippen molar-refractivity contribution < 1.29 is 0 Å². The highest BCUT2D eigenvalue weighted by molar-refractivity contribution is 5.48. The average molecular weight is 281 g/mol. The molecule has 4 heteroatoms. The topological polar surface area (TPSA) is 38.1 Å². The van der Waals surface area contributed by atoms with E-state index in [-0.39, 0.29) is 5.56 Å². The first kappa shape index (κ1) is 13.8. The second-order valence-corrected chi connectivity index (χ2v) is 5.38. The van der Waals surface area contributed by atoms with E-state index >= 15 is 0 Å². The molecule has 1 aromatic carbocycles. The SMILES string of the molecule is Cn1nc2c(cc1=O)CN(C/C=C/c1ccccc1)CC2. The maximum absolute atomic E-state index is 11.7. The summed E-state index contributed by atoms with van der Waals surface area (Å²) in [5, 5.41) is 4.34. The van der Waals surface area contributed by atoms with Crippen molar-refractivity contribution in [1.82, 2.24) is 14.7 Å². The van der Waals surface area contributed by atoms with Gasteiger partial charge in [-0.2, -0.15) is 5.10 Å². The molecule has 1 aromatic heterocycles. The Bertz CT molecular complexity index is 704. The Morgan fingerprint density at radius 1 is 1.29 bits per heavy atom. The standard InChI is InChI=1S/C17H19N3O/c1-19-17(21)12-15-13-20(11-9-16(15)18-19)10-5-8-14-6-3-2-4-7-14/h2-8,12H,9-11,13H2,1H3/b8-5+. The van der Waals surface area contributed by atoms with E-state index in [0.717, 1.165) is 37.3 Å². The number of hydrogen-bond donors (Lipinski definition) is 0. The Labute approximate surface area is 124 Å². The van der Waals surface area contributed by atoms with E-state index in [1.54, 1.807) is 13.1 Å². The van der Waals surface area contributed by atoms with Gasteiger partial charge >= 0.3 is 0 Å². The molecule has 0 saturated carbocycles. The molecule has 4 nitrogen and oxygen atoms in total. The lowest BCUT2D eigenvalue weighted by molar-refractivity contribution is 0.277. The fourth-order valence-corrected chi connectivity index (χ4v) is 2.61. The molecule has 0 atom stereocenters. The zero-order chi connectivity index (χ0) is 14.7. The number of hydrogen-bond acceptors (Lipinski definition) is 3. The van der Waals surface area contributed by atoms with Crippen LogP contribution in [-0.4, -0.2) is 27.8 Å². The van der Waals surface area contributed by atoms with Gasteiger partial charge in [0.15, 0.2) is 0 Å². The van der Waals surface area contributed by atoms with Crippen LogP contribution < -0.4 is 5.56 Å². The summed E-state index contributed by atoms with van der Waals surface area (Å²) < 4.78 is 1.42. The van der Waals surface area contributed by atoms with E-state index in [0.29, 0.717) is 0 Å². The van der Waals surface area contributed by atoms with Crippen molar-refractivity contribution in [3.63, 3.8) is 0 Å². The van der Waals surface area contributed by atoms with Crippen LogP contribution in [0.2, 0.25) is 0 Å². The molecule has 0 spiro atoms. The smallest absolute Gasteiger partial charge is 0.266 e. The van der Waals surface area contributed by atoms with Crippen molar-refractivity contribution in [2.24, 2.45) is 7.05 Å². The molecule has 3 rings (SSSR count). The fraction of sp³-hybridized carbons (Fsp3) is 0.294. The van der Waals surface area contributed by atoms with Gasteiger partial charge in [0.05, 0.1) is 5.69 Å². The lowest BCUT2D eigenvalue weighted by Gasteiger charge is -2.26. The van der Waals surface area contributed by atoms with Crippen molar-refractivity contribution in [2.45, 2.75) is 13.0 Å². The van der Waals surface area contributed by atoms with Crippen molar-refractivity contribution in [1.29, 1.82) is 0 Å². The minimum atomic E-state index is -0.0320. The largest absolute Gasteiger partial charge is 0.295 e. The molecule has 2 heterocycles. The van der Waals surface area contributed by atoms with Crippen LogP contribution in [0.5, 0.6) is 0 Å². The zero-order valence-corrected chi connectivity index (χ0v) is 12.2. The lowest BCUT2D eigenvalue weighted by atomic mass is 10.1. The lowest BCUT2D eigenvalue weighted by Crippen LogP contribution is -2.34. The van der Waals surface area contributed by atoms with Gasteiger partial charge < -0.3 is 0 Å². The molecule has 0 bridgehead atoms. The van der Waals surface area contributed by atoms with Crippen LogP contribution in [0, 0.1) is 0 Å². The normalized spacial score (nSPS) is 15.3. The number of benzene rings is 1. The predicted molar refractivity (Wildman–Crippen MR) is 83.9 cm³/mol. The molecule has 1 aliphatic heterocycles. The Morgan fingerprint density at radius 3 is 2.90 bits per heavy atom. The third-order valence-electron chi connectivity index (χ3n) is 3.79. The van der Waals surface area contributed by atoms with Gasteiger partial charge in [-0.15, -0.1) is 0 Å². The molecule has 0 N–H and O–H groups in total. The minimum Gasteiger partial charge on any atom is -0.295 e. The van der Waals surface area contributed by atoms with Crippen molar-refractivity contribution in [2.75, 3.05) is 13.1 Å². The van der Waals surface area contributed by atoms with E-state index in [4.69, 9.17) is 0 Å². The van der Waals surface area contributed by atoms with Gasteiger partial charge in [-0.1, -0.05) is 42.5 Å². The highest BCUT2D eigenvalue weighted by Crippen LogP contribution is 2.14. The van der Waals surface area contributed by atoms with Gasteiger partial charge in [0.2, 0.25) is 0 Å². The van der Waals surface area contributed by atoms with Crippen LogP contribution in [0.15, 0.2) is 47.3 Å². The summed E-state index contributed by atoms with van der Waals surface area (Å²) in [5.41, 5.74) is 3.30. The number of nitrogens with zero attached hydrogens (tertiary/aromatic N) is 3. The van der Waals surface area contributed by atoms with Crippen LogP contribution in [0.4, 0.5) is 0 Å². The molecule has 2 aromatic rings. The first-order valence-electron chi connectivity index (χ1n) is 7.22. The van der Waals surface area contributed by atoms with Crippen LogP contribution >= 0.6 is 0 Å². The fourth-order valence-electron chi connectivity index (χ4n) is 2.61. The highest BCUT2D eigenvalue weighted by atomic mass is 16.1. The Hall–Kier alpha value is -2.20. The maximum Gasteiger partial charge on any atom is 0.266 e. The first-order valence-corrected chi connectivity index (χ1v) is 7.22. The van der Waals surface area contributed by atoms with E-state index in [9.17, 15) is 4.79 Å². The first-order chi connectivity index (χ1) is 10.2. The van der Waals surface area contributed by atoms with Gasteiger partial charge in [-0.25, -0.2) is 4.68 Å². The molecular weight excluding hydrogens is 262 g/mol. The summed E-state index contributed by atoms with van der Waals surface area (Å²) in [5.74, 6) is 0. The molecule has 108 valence electrons. The number of aromatic nitrogens is 2. The Balaban J connectivity index is 1.65. The molecular formula is C17H19N3O. The summed E-state index contributed by atoms with van der Waals surface area (Å²) in [6, 6.07) is 12.0. The second-order valence-electron chi connectivity index (χ2n) is 5.38. The van der Waals surface area contributed by atoms with Gasteiger partial charge in [0, 0.05) is 39.2 Å². The van der Waals surface area contributed by atoms with Crippen LogP contribution in [-0.2, 0) is 20.0 Å². The van der Waals surface area contributed by atoms with Gasteiger partial charge in [-0.3, -0.25) is 9.69 Å². The minimum absolute atomic E-state index is 0.0320. The predicted octanol–water partition coefficient (Wildman–Crippen LogP) is 1.85. The Kier molecular flexibility index (Phi) is 3.97. The average Bonchev–Trinajstić information content (AvgIpc) is 2.50. The molecule has 0 radical (unpaired) electrons. The van der Waals surface area contributed by atoms with Crippen LogP contribution in [0.3, 0.4) is 0 Å². The highest BCUT2D eigenvalue weighted by Gasteiger charge is 2.17.